The zero-order chi connectivity index (χ0) is 21.9. The minimum absolute atomic E-state index is 0.000824. The van der Waals surface area contributed by atoms with E-state index in [1.807, 2.05) is 42.3 Å². The summed E-state index contributed by atoms with van der Waals surface area (Å²) in [6.45, 7) is 6.61. The molecular formula is C21H27BrN4O3S. The zero-order valence-corrected chi connectivity index (χ0v) is 20.0. The number of ether oxygens (including phenoxy) is 1. The molecule has 0 aliphatic carbocycles. The number of imidazole rings is 1. The molecular weight excluding hydrogens is 468 g/mol. The van der Waals surface area contributed by atoms with Crippen LogP contribution >= 0.6 is 27.7 Å². The molecule has 1 aromatic carbocycles. The lowest BCUT2D eigenvalue weighted by molar-refractivity contribution is -0.133. The normalized spacial score (nSPS) is 18.8. The predicted octanol–water partition coefficient (Wildman–Crippen LogP) is 4.57. The SMILES string of the molecule is COC(=O)NCC(C)CC(=O)N1CSC(C)(C)C1c1ncc(-c2ccc(Br)cc2)[nH]1. The molecule has 2 amide bonds. The van der Waals surface area contributed by atoms with Crippen LogP contribution in [0.2, 0.25) is 0 Å². The lowest BCUT2D eigenvalue weighted by Gasteiger charge is -2.30. The van der Waals surface area contributed by atoms with Gasteiger partial charge in [0.1, 0.15) is 11.9 Å². The third-order valence-electron chi connectivity index (χ3n) is 5.18. The zero-order valence-electron chi connectivity index (χ0n) is 17.6. The van der Waals surface area contributed by atoms with Gasteiger partial charge in [-0.1, -0.05) is 35.0 Å². The van der Waals surface area contributed by atoms with E-state index >= 15 is 0 Å². The molecule has 2 heterocycles. The van der Waals surface area contributed by atoms with Gasteiger partial charge in [0.05, 0.1) is 24.9 Å². The Hall–Kier alpha value is -2.00. The molecule has 0 bridgehead atoms. The monoisotopic (exact) mass is 494 g/mol. The average Bonchev–Trinajstić information content (AvgIpc) is 3.30. The van der Waals surface area contributed by atoms with Gasteiger partial charge in [-0.15, -0.1) is 11.8 Å². The Balaban J connectivity index is 1.74. The Labute approximate surface area is 189 Å². The van der Waals surface area contributed by atoms with Gasteiger partial charge in [0, 0.05) is 22.2 Å². The summed E-state index contributed by atoms with van der Waals surface area (Å²) in [5, 5.41) is 2.65. The molecule has 9 heteroatoms. The third kappa shape index (κ3) is 5.18. The van der Waals surface area contributed by atoms with Gasteiger partial charge in [0.25, 0.3) is 0 Å². The largest absolute Gasteiger partial charge is 0.453 e. The minimum Gasteiger partial charge on any atom is -0.453 e. The number of nitrogens with zero attached hydrogens (tertiary/aromatic N) is 2. The molecule has 1 fully saturated rings. The molecule has 3 rings (SSSR count). The molecule has 162 valence electrons. The van der Waals surface area contributed by atoms with Crippen LogP contribution in [0.4, 0.5) is 4.79 Å². The Morgan fingerprint density at radius 1 is 1.40 bits per heavy atom. The van der Waals surface area contributed by atoms with Gasteiger partial charge in [-0.2, -0.15) is 0 Å². The summed E-state index contributed by atoms with van der Waals surface area (Å²) in [4.78, 5) is 34.3. The van der Waals surface area contributed by atoms with Gasteiger partial charge in [-0.05, 0) is 37.5 Å². The smallest absolute Gasteiger partial charge is 0.406 e. The van der Waals surface area contributed by atoms with Crippen LogP contribution in [0.1, 0.15) is 39.1 Å². The number of carbonyl (C=O) groups is 2. The molecule has 2 aromatic rings. The van der Waals surface area contributed by atoms with Crippen LogP contribution in [0.5, 0.6) is 0 Å². The molecule has 0 radical (unpaired) electrons. The summed E-state index contributed by atoms with van der Waals surface area (Å²) in [5.74, 6) is 1.46. The third-order valence-corrected chi connectivity index (χ3v) is 7.08. The number of carbonyl (C=O) groups excluding carboxylic acids is 2. The number of rotatable bonds is 6. The van der Waals surface area contributed by atoms with Crippen LogP contribution in [0.15, 0.2) is 34.9 Å². The number of benzene rings is 1. The minimum atomic E-state index is -0.485. The average molecular weight is 495 g/mol. The highest BCUT2D eigenvalue weighted by molar-refractivity contribution is 9.10. The van der Waals surface area contributed by atoms with Crippen molar-refractivity contribution in [3.8, 4) is 11.3 Å². The first kappa shape index (κ1) is 22.7. The van der Waals surface area contributed by atoms with Crippen molar-refractivity contribution in [1.29, 1.82) is 0 Å². The molecule has 0 saturated carbocycles. The predicted molar refractivity (Wildman–Crippen MR) is 122 cm³/mol. The first-order valence-electron chi connectivity index (χ1n) is 9.77. The lowest BCUT2D eigenvalue weighted by Crippen LogP contribution is -2.38. The maximum Gasteiger partial charge on any atom is 0.406 e. The van der Waals surface area contributed by atoms with E-state index in [2.05, 4.69) is 49.8 Å². The number of nitrogens with one attached hydrogen (secondary N) is 2. The van der Waals surface area contributed by atoms with E-state index in [9.17, 15) is 9.59 Å². The highest BCUT2D eigenvalue weighted by atomic mass is 79.9. The number of alkyl carbamates (subject to hydrolysis) is 1. The number of halogens is 1. The first-order chi connectivity index (χ1) is 14.2. The van der Waals surface area contributed by atoms with Crippen molar-refractivity contribution in [1.82, 2.24) is 20.2 Å². The Morgan fingerprint density at radius 2 is 2.10 bits per heavy atom. The Kier molecular flexibility index (Phi) is 7.13. The summed E-state index contributed by atoms with van der Waals surface area (Å²) in [7, 11) is 1.32. The van der Waals surface area contributed by atoms with E-state index in [0.29, 0.717) is 18.8 Å². The number of thioether (sulfide) groups is 1. The number of aromatic nitrogens is 2. The van der Waals surface area contributed by atoms with Gasteiger partial charge < -0.3 is 19.9 Å². The van der Waals surface area contributed by atoms with Crippen molar-refractivity contribution < 1.29 is 14.3 Å². The quantitative estimate of drug-likeness (QED) is 0.613. The maximum absolute atomic E-state index is 13.1. The summed E-state index contributed by atoms with van der Waals surface area (Å²) in [6, 6.07) is 7.87. The molecule has 2 unspecified atom stereocenters. The van der Waals surface area contributed by atoms with Crippen LogP contribution in [0.25, 0.3) is 11.3 Å². The Morgan fingerprint density at radius 3 is 2.77 bits per heavy atom. The molecule has 1 aliphatic heterocycles. The van der Waals surface area contributed by atoms with Crippen LogP contribution < -0.4 is 5.32 Å². The van der Waals surface area contributed by atoms with Crippen molar-refractivity contribution in [2.24, 2.45) is 5.92 Å². The molecule has 1 aliphatic rings. The second-order valence-electron chi connectivity index (χ2n) is 8.01. The molecule has 0 spiro atoms. The van der Waals surface area contributed by atoms with Gasteiger partial charge in [-0.3, -0.25) is 4.79 Å². The van der Waals surface area contributed by atoms with Gasteiger partial charge in [-0.25, -0.2) is 9.78 Å². The summed E-state index contributed by atoms with van der Waals surface area (Å²) in [6.07, 6.45) is 1.68. The number of aromatic amines is 1. The van der Waals surface area contributed by atoms with E-state index in [4.69, 9.17) is 0 Å². The molecule has 1 saturated heterocycles. The van der Waals surface area contributed by atoms with Crippen molar-refractivity contribution in [2.45, 2.75) is 38.0 Å². The van der Waals surface area contributed by atoms with Crippen molar-refractivity contribution >= 4 is 39.7 Å². The van der Waals surface area contributed by atoms with Gasteiger partial charge >= 0.3 is 6.09 Å². The van der Waals surface area contributed by atoms with Crippen LogP contribution in [0.3, 0.4) is 0 Å². The van der Waals surface area contributed by atoms with E-state index in [0.717, 1.165) is 21.6 Å². The number of methoxy groups -OCH3 is 1. The number of amides is 2. The highest BCUT2D eigenvalue weighted by Crippen LogP contribution is 2.48. The van der Waals surface area contributed by atoms with Crippen molar-refractivity contribution in [3.05, 3.63) is 40.8 Å². The topological polar surface area (TPSA) is 87.3 Å². The standard InChI is InChI=1S/C21H27BrN4O3S/c1-13(10-24-20(28)29-4)9-17(27)26-12-30-21(2,3)18(26)19-23-11-16(25-19)14-5-7-15(22)8-6-14/h5-8,11,13,18H,9-10,12H2,1-4H3,(H,23,25)(H,24,28). The summed E-state index contributed by atoms with van der Waals surface area (Å²) >= 11 is 5.20. The number of hydrogen-bond donors (Lipinski definition) is 2. The molecule has 2 atom stereocenters. The summed E-state index contributed by atoms with van der Waals surface area (Å²) < 4.78 is 5.44. The molecule has 7 nitrogen and oxygen atoms in total. The molecule has 30 heavy (non-hydrogen) atoms. The maximum atomic E-state index is 13.1. The van der Waals surface area contributed by atoms with Crippen LogP contribution in [-0.2, 0) is 9.53 Å². The van der Waals surface area contributed by atoms with E-state index in [1.165, 1.54) is 7.11 Å². The van der Waals surface area contributed by atoms with Gasteiger partial charge in [0.15, 0.2) is 0 Å². The second-order valence-corrected chi connectivity index (χ2v) is 10.5. The Bertz CT molecular complexity index is 900. The number of H-pyrrole nitrogens is 1. The fourth-order valence-electron chi connectivity index (χ4n) is 3.53. The fourth-order valence-corrected chi connectivity index (χ4v) is 4.95. The van der Waals surface area contributed by atoms with Crippen molar-refractivity contribution in [3.63, 3.8) is 0 Å². The number of hydrogen-bond acceptors (Lipinski definition) is 5. The fraction of sp³-hybridized carbons (Fsp3) is 0.476. The molecule has 2 N–H and O–H groups in total. The van der Waals surface area contributed by atoms with E-state index < -0.39 is 6.09 Å². The summed E-state index contributed by atoms with van der Waals surface area (Å²) in [5.41, 5.74) is 1.97. The van der Waals surface area contributed by atoms with Crippen molar-refractivity contribution in [2.75, 3.05) is 19.5 Å². The first-order valence-corrected chi connectivity index (χ1v) is 11.5. The van der Waals surface area contributed by atoms with Crippen LogP contribution in [-0.4, -0.2) is 51.1 Å². The molecule has 1 aromatic heterocycles. The lowest BCUT2D eigenvalue weighted by atomic mass is 9.99. The second kappa shape index (κ2) is 9.43. The van der Waals surface area contributed by atoms with E-state index in [-0.39, 0.29) is 22.6 Å². The van der Waals surface area contributed by atoms with E-state index in [1.54, 1.807) is 11.8 Å². The van der Waals surface area contributed by atoms with Gasteiger partial charge in [0.2, 0.25) is 5.91 Å². The highest BCUT2D eigenvalue weighted by Gasteiger charge is 2.46. The van der Waals surface area contributed by atoms with Crippen LogP contribution in [0, 0.1) is 5.92 Å².